The lowest BCUT2D eigenvalue weighted by Gasteiger charge is -2.26. The van der Waals surface area contributed by atoms with Gasteiger partial charge in [-0.05, 0) is 47.4 Å². The van der Waals surface area contributed by atoms with Gasteiger partial charge in [0, 0.05) is 5.02 Å². The standard InChI is InChI=1S/C26H25ClN2O4/c1-2-26(20-10-12-21(27)13-11-20)24(31)29(25(32)28-26)16-22(30)17-33-23-14-8-19(9-15-23)18-6-4-3-5-7-18/h3-15,22,30H,2,16-17H2,1H3,(H,28,32). The van der Waals surface area contributed by atoms with Crippen molar-refractivity contribution in [3.63, 3.8) is 0 Å². The second kappa shape index (κ2) is 9.65. The van der Waals surface area contributed by atoms with Gasteiger partial charge in [0.05, 0.1) is 6.54 Å². The van der Waals surface area contributed by atoms with Crippen LogP contribution in [0, 0.1) is 0 Å². The minimum atomic E-state index is -1.17. The third-order valence-corrected chi connectivity index (χ3v) is 6.09. The van der Waals surface area contributed by atoms with Gasteiger partial charge in [0.2, 0.25) is 0 Å². The van der Waals surface area contributed by atoms with Crippen LogP contribution in [0.5, 0.6) is 5.75 Å². The number of carbonyl (C=O) groups is 2. The van der Waals surface area contributed by atoms with Gasteiger partial charge in [0.1, 0.15) is 24.0 Å². The summed E-state index contributed by atoms with van der Waals surface area (Å²) in [7, 11) is 0. The fourth-order valence-corrected chi connectivity index (χ4v) is 4.12. The monoisotopic (exact) mass is 464 g/mol. The molecule has 0 saturated carbocycles. The number of ether oxygens (including phenoxy) is 1. The van der Waals surface area contributed by atoms with E-state index in [1.165, 1.54) is 0 Å². The topological polar surface area (TPSA) is 78.9 Å². The average molecular weight is 465 g/mol. The fourth-order valence-electron chi connectivity index (χ4n) is 4.00. The Bertz CT molecular complexity index is 1120. The van der Waals surface area contributed by atoms with E-state index in [0.717, 1.165) is 16.0 Å². The first-order valence-electron chi connectivity index (χ1n) is 10.8. The molecular formula is C26H25ClN2O4. The Kier molecular flexibility index (Phi) is 6.67. The van der Waals surface area contributed by atoms with Crippen LogP contribution in [-0.4, -0.2) is 41.2 Å². The molecule has 1 saturated heterocycles. The highest BCUT2D eigenvalue weighted by molar-refractivity contribution is 6.30. The van der Waals surface area contributed by atoms with E-state index in [4.69, 9.17) is 16.3 Å². The Morgan fingerprint density at radius 2 is 1.61 bits per heavy atom. The SMILES string of the molecule is CCC1(c2ccc(Cl)cc2)NC(=O)N(CC(O)COc2ccc(-c3ccccc3)cc2)C1=O. The van der Waals surface area contributed by atoms with Crippen molar-refractivity contribution in [1.29, 1.82) is 0 Å². The summed E-state index contributed by atoms with van der Waals surface area (Å²) < 4.78 is 5.68. The zero-order valence-electron chi connectivity index (χ0n) is 18.2. The van der Waals surface area contributed by atoms with Gasteiger partial charge in [-0.25, -0.2) is 4.79 Å². The molecule has 0 radical (unpaired) electrons. The number of aliphatic hydroxyl groups is 1. The van der Waals surface area contributed by atoms with E-state index in [0.29, 0.717) is 22.8 Å². The first kappa shape index (κ1) is 22.8. The Labute approximate surface area is 197 Å². The van der Waals surface area contributed by atoms with E-state index in [1.54, 1.807) is 24.3 Å². The Morgan fingerprint density at radius 1 is 0.970 bits per heavy atom. The van der Waals surface area contributed by atoms with Gasteiger partial charge < -0.3 is 15.2 Å². The maximum Gasteiger partial charge on any atom is 0.325 e. The molecule has 2 atom stereocenters. The lowest BCUT2D eigenvalue weighted by atomic mass is 9.87. The number of halogens is 1. The summed E-state index contributed by atoms with van der Waals surface area (Å²) in [5.41, 5.74) is 1.64. The summed E-state index contributed by atoms with van der Waals surface area (Å²) >= 11 is 5.96. The molecule has 6 nitrogen and oxygen atoms in total. The van der Waals surface area contributed by atoms with Crippen molar-refractivity contribution in [3.05, 3.63) is 89.4 Å². The summed E-state index contributed by atoms with van der Waals surface area (Å²) in [6, 6.07) is 23.8. The quantitative estimate of drug-likeness (QED) is 0.477. The minimum Gasteiger partial charge on any atom is -0.491 e. The highest BCUT2D eigenvalue weighted by Gasteiger charge is 2.51. The summed E-state index contributed by atoms with van der Waals surface area (Å²) in [4.78, 5) is 26.8. The molecule has 3 amide bonds. The second-order valence-corrected chi connectivity index (χ2v) is 8.40. The minimum absolute atomic E-state index is 0.0538. The van der Waals surface area contributed by atoms with Gasteiger partial charge in [-0.2, -0.15) is 0 Å². The molecule has 2 unspecified atom stereocenters. The number of rotatable bonds is 8. The van der Waals surface area contributed by atoms with Gasteiger partial charge in [-0.1, -0.05) is 73.1 Å². The highest BCUT2D eigenvalue weighted by atomic mass is 35.5. The lowest BCUT2D eigenvalue weighted by molar-refractivity contribution is -0.132. The van der Waals surface area contributed by atoms with Crippen LogP contribution in [0.3, 0.4) is 0 Å². The smallest absolute Gasteiger partial charge is 0.325 e. The largest absolute Gasteiger partial charge is 0.491 e. The number of urea groups is 1. The van der Waals surface area contributed by atoms with Crippen molar-refractivity contribution in [3.8, 4) is 16.9 Å². The number of hydrogen-bond acceptors (Lipinski definition) is 4. The Morgan fingerprint density at radius 3 is 2.24 bits per heavy atom. The van der Waals surface area contributed by atoms with Crippen LogP contribution < -0.4 is 10.1 Å². The number of aliphatic hydroxyl groups excluding tert-OH is 1. The summed E-state index contributed by atoms with van der Waals surface area (Å²) in [5, 5.41) is 13.8. The molecule has 0 bridgehead atoms. The van der Waals surface area contributed by atoms with E-state index < -0.39 is 23.6 Å². The molecule has 7 heteroatoms. The first-order chi connectivity index (χ1) is 15.9. The normalized spacial score (nSPS) is 18.8. The van der Waals surface area contributed by atoms with Crippen molar-refractivity contribution < 1.29 is 19.4 Å². The average Bonchev–Trinajstić information content (AvgIpc) is 3.09. The molecule has 1 heterocycles. The number of carbonyl (C=O) groups excluding carboxylic acids is 2. The van der Waals surface area contributed by atoms with Crippen LogP contribution >= 0.6 is 11.6 Å². The number of nitrogens with zero attached hydrogens (tertiary/aromatic N) is 1. The van der Waals surface area contributed by atoms with Crippen molar-refractivity contribution in [2.45, 2.75) is 25.0 Å². The number of hydrogen-bond donors (Lipinski definition) is 2. The van der Waals surface area contributed by atoms with Crippen molar-refractivity contribution in [2.24, 2.45) is 0 Å². The zero-order valence-corrected chi connectivity index (χ0v) is 19.0. The third kappa shape index (κ3) is 4.72. The predicted molar refractivity (Wildman–Crippen MR) is 127 cm³/mol. The second-order valence-electron chi connectivity index (χ2n) is 7.97. The number of amides is 3. The van der Waals surface area contributed by atoms with Crippen LogP contribution in [0.2, 0.25) is 5.02 Å². The van der Waals surface area contributed by atoms with Crippen LogP contribution in [0.25, 0.3) is 11.1 Å². The summed E-state index contributed by atoms with van der Waals surface area (Å²) in [6.07, 6.45) is -0.665. The summed E-state index contributed by atoms with van der Waals surface area (Å²) in [6.45, 7) is 1.61. The predicted octanol–water partition coefficient (Wildman–Crippen LogP) is 4.60. The molecule has 4 rings (SSSR count). The van der Waals surface area contributed by atoms with Gasteiger partial charge >= 0.3 is 6.03 Å². The van der Waals surface area contributed by atoms with Crippen LogP contribution in [-0.2, 0) is 10.3 Å². The van der Waals surface area contributed by atoms with Crippen molar-refractivity contribution in [2.75, 3.05) is 13.2 Å². The first-order valence-corrected chi connectivity index (χ1v) is 11.2. The lowest BCUT2D eigenvalue weighted by Crippen LogP contribution is -2.44. The molecule has 1 aliphatic heterocycles. The van der Waals surface area contributed by atoms with Crippen LogP contribution in [0.15, 0.2) is 78.9 Å². The van der Waals surface area contributed by atoms with E-state index in [1.807, 2.05) is 61.5 Å². The number of β-amino-alcohol motifs (C(OH)–C–C–N with tert-alkyl or cyclic N) is 1. The maximum absolute atomic E-state index is 13.2. The van der Waals surface area contributed by atoms with E-state index >= 15 is 0 Å². The van der Waals surface area contributed by atoms with Gasteiger partial charge in [-0.15, -0.1) is 0 Å². The van der Waals surface area contributed by atoms with E-state index in [-0.39, 0.29) is 13.2 Å². The molecule has 3 aromatic rings. The number of imide groups is 1. The molecule has 0 aliphatic carbocycles. The maximum atomic E-state index is 13.2. The van der Waals surface area contributed by atoms with Crippen molar-refractivity contribution in [1.82, 2.24) is 10.2 Å². The third-order valence-electron chi connectivity index (χ3n) is 5.84. The molecule has 1 fully saturated rings. The molecular weight excluding hydrogens is 440 g/mol. The van der Waals surface area contributed by atoms with E-state index in [9.17, 15) is 14.7 Å². The molecule has 33 heavy (non-hydrogen) atoms. The highest BCUT2D eigenvalue weighted by Crippen LogP contribution is 2.33. The summed E-state index contributed by atoms with van der Waals surface area (Å²) in [5.74, 6) is 0.193. The van der Waals surface area contributed by atoms with Crippen molar-refractivity contribution >= 4 is 23.5 Å². The number of benzene rings is 3. The Balaban J connectivity index is 1.38. The molecule has 3 aromatic carbocycles. The van der Waals surface area contributed by atoms with Crippen LogP contribution in [0.1, 0.15) is 18.9 Å². The molecule has 2 N–H and O–H groups in total. The molecule has 0 aromatic heterocycles. The van der Waals surface area contributed by atoms with Gasteiger partial charge in [0.25, 0.3) is 5.91 Å². The number of nitrogens with one attached hydrogen (secondary N) is 1. The zero-order chi connectivity index (χ0) is 23.4. The van der Waals surface area contributed by atoms with Gasteiger partial charge in [0.15, 0.2) is 0 Å². The Hall–Kier alpha value is -3.35. The molecule has 170 valence electrons. The molecule has 1 aliphatic rings. The van der Waals surface area contributed by atoms with E-state index in [2.05, 4.69) is 5.32 Å². The van der Waals surface area contributed by atoms with Gasteiger partial charge in [-0.3, -0.25) is 9.69 Å². The van der Waals surface area contributed by atoms with Crippen LogP contribution in [0.4, 0.5) is 4.79 Å². The molecule has 0 spiro atoms. The fraction of sp³-hybridized carbons (Fsp3) is 0.231.